The minimum atomic E-state index is 0. The summed E-state index contributed by atoms with van der Waals surface area (Å²) in [5.41, 5.74) is 3.82. The molecule has 1 unspecified atom stereocenters. The van der Waals surface area contributed by atoms with Crippen LogP contribution in [0.4, 0.5) is 11.4 Å². The van der Waals surface area contributed by atoms with Gasteiger partial charge < -0.3 is 4.90 Å². The van der Waals surface area contributed by atoms with Gasteiger partial charge >= 0.3 is 0 Å². The Morgan fingerprint density at radius 1 is 1.03 bits per heavy atom. The second kappa shape index (κ2) is 8.97. The van der Waals surface area contributed by atoms with Crippen molar-refractivity contribution in [3.8, 4) is 0 Å². The molecule has 0 spiro atoms. The molecule has 29 heavy (non-hydrogen) atoms. The first kappa shape index (κ1) is 20.5. The molecule has 1 fully saturated rings. The molecule has 3 aromatic rings. The Bertz CT molecular complexity index is 983. The van der Waals surface area contributed by atoms with Gasteiger partial charge in [0.05, 0.1) is 11.4 Å². The van der Waals surface area contributed by atoms with E-state index in [0.29, 0.717) is 6.04 Å². The fourth-order valence-corrected chi connectivity index (χ4v) is 5.50. The lowest BCUT2D eigenvalue weighted by molar-refractivity contribution is 0.200. The molecule has 5 rings (SSSR count). The van der Waals surface area contributed by atoms with Crippen LogP contribution in [0.2, 0.25) is 5.02 Å². The van der Waals surface area contributed by atoms with Gasteiger partial charge in [0, 0.05) is 46.3 Å². The second-order valence-corrected chi connectivity index (χ2v) is 8.96. The van der Waals surface area contributed by atoms with Crippen molar-refractivity contribution >= 4 is 47.1 Å². The van der Waals surface area contributed by atoms with Crippen LogP contribution >= 0.6 is 35.8 Å². The molecule has 3 nitrogen and oxygen atoms in total. The Balaban J connectivity index is 0.00000205. The van der Waals surface area contributed by atoms with Crippen LogP contribution in [0, 0.1) is 0 Å². The Kier molecular flexibility index (Phi) is 6.35. The molecule has 0 N–H and O–H groups in total. The van der Waals surface area contributed by atoms with E-state index < -0.39 is 0 Å². The van der Waals surface area contributed by atoms with Crippen LogP contribution in [-0.4, -0.2) is 29.0 Å². The summed E-state index contributed by atoms with van der Waals surface area (Å²) in [7, 11) is 0. The van der Waals surface area contributed by atoms with Gasteiger partial charge in [-0.1, -0.05) is 41.6 Å². The normalized spacial score (nSPS) is 18.5. The maximum atomic E-state index is 6.39. The van der Waals surface area contributed by atoms with Crippen LogP contribution in [0.25, 0.3) is 0 Å². The molecule has 0 amide bonds. The number of hydrogen-bond donors (Lipinski definition) is 0. The number of piperidine rings is 1. The van der Waals surface area contributed by atoms with E-state index in [1.54, 1.807) is 0 Å². The van der Waals surface area contributed by atoms with Crippen LogP contribution in [0.5, 0.6) is 0 Å². The lowest BCUT2D eigenvalue weighted by atomic mass is 10.0. The number of para-hydroxylation sites is 1. The monoisotopic (exact) mass is 443 g/mol. The van der Waals surface area contributed by atoms with Gasteiger partial charge in [-0.25, -0.2) is 0 Å². The van der Waals surface area contributed by atoms with Gasteiger partial charge in [-0.2, -0.15) is 0 Å². The third-order valence-corrected chi connectivity index (χ3v) is 6.87. The van der Waals surface area contributed by atoms with E-state index in [2.05, 4.69) is 57.2 Å². The van der Waals surface area contributed by atoms with Gasteiger partial charge in [0.15, 0.2) is 0 Å². The van der Waals surface area contributed by atoms with Gasteiger partial charge in [-0.05, 0) is 61.3 Å². The average Bonchev–Trinajstić information content (AvgIpc) is 2.73. The van der Waals surface area contributed by atoms with Gasteiger partial charge in [0.2, 0.25) is 0 Å². The van der Waals surface area contributed by atoms with Crippen molar-refractivity contribution in [3.63, 3.8) is 0 Å². The van der Waals surface area contributed by atoms with Crippen molar-refractivity contribution in [1.29, 1.82) is 0 Å². The zero-order valence-electron chi connectivity index (χ0n) is 16.0. The SMILES string of the molecule is Cl.Clc1ccc2c(c1)N(C1CCCN(Cc3cccnc3)C1)c1ccccc1S2. The van der Waals surface area contributed by atoms with Crippen molar-refractivity contribution in [2.75, 3.05) is 18.0 Å². The summed E-state index contributed by atoms with van der Waals surface area (Å²) in [6, 6.07) is 19.6. The molecule has 2 aliphatic rings. The van der Waals surface area contributed by atoms with E-state index in [-0.39, 0.29) is 12.4 Å². The molecule has 1 aromatic heterocycles. The summed E-state index contributed by atoms with van der Waals surface area (Å²) in [6.45, 7) is 3.13. The Labute approximate surface area is 187 Å². The van der Waals surface area contributed by atoms with Gasteiger partial charge in [-0.3, -0.25) is 9.88 Å². The number of hydrogen-bond acceptors (Lipinski definition) is 4. The van der Waals surface area contributed by atoms with Crippen molar-refractivity contribution in [2.24, 2.45) is 0 Å². The summed E-state index contributed by atoms with van der Waals surface area (Å²) >= 11 is 8.23. The van der Waals surface area contributed by atoms with Crippen LogP contribution in [-0.2, 0) is 6.54 Å². The van der Waals surface area contributed by atoms with E-state index in [9.17, 15) is 0 Å². The number of likely N-dealkylation sites (tertiary alicyclic amines) is 1. The Morgan fingerprint density at radius 3 is 2.76 bits per heavy atom. The molecule has 0 radical (unpaired) electrons. The third kappa shape index (κ3) is 4.26. The van der Waals surface area contributed by atoms with Crippen molar-refractivity contribution in [1.82, 2.24) is 9.88 Å². The third-order valence-electron chi connectivity index (χ3n) is 5.50. The number of aromatic nitrogens is 1. The van der Waals surface area contributed by atoms with Gasteiger partial charge in [0.25, 0.3) is 0 Å². The topological polar surface area (TPSA) is 19.4 Å². The molecule has 1 atom stereocenters. The van der Waals surface area contributed by atoms with Crippen LogP contribution in [0.15, 0.2) is 76.8 Å². The highest BCUT2D eigenvalue weighted by Gasteiger charge is 2.32. The number of nitrogens with zero attached hydrogens (tertiary/aromatic N) is 3. The number of rotatable bonds is 3. The molecule has 1 saturated heterocycles. The highest BCUT2D eigenvalue weighted by Crippen LogP contribution is 2.50. The van der Waals surface area contributed by atoms with E-state index in [4.69, 9.17) is 11.6 Å². The zero-order chi connectivity index (χ0) is 18.9. The highest BCUT2D eigenvalue weighted by molar-refractivity contribution is 7.99. The number of anilines is 2. The number of fused-ring (bicyclic) bond motifs is 2. The molecule has 2 aromatic carbocycles. The highest BCUT2D eigenvalue weighted by atomic mass is 35.5. The van der Waals surface area contributed by atoms with E-state index in [0.717, 1.165) is 24.7 Å². The molecule has 150 valence electrons. The Morgan fingerprint density at radius 2 is 1.90 bits per heavy atom. The van der Waals surface area contributed by atoms with Crippen molar-refractivity contribution < 1.29 is 0 Å². The number of benzene rings is 2. The van der Waals surface area contributed by atoms with Gasteiger partial charge in [0.1, 0.15) is 0 Å². The molecule has 2 aliphatic heterocycles. The maximum absolute atomic E-state index is 6.39. The fraction of sp³-hybridized carbons (Fsp3) is 0.261. The lowest BCUT2D eigenvalue weighted by Gasteiger charge is -2.43. The van der Waals surface area contributed by atoms with E-state index in [1.165, 1.54) is 39.6 Å². The zero-order valence-corrected chi connectivity index (χ0v) is 18.4. The predicted molar refractivity (Wildman–Crippen MR) is 124 cm³/mol. The average molecular weight is 444 g/mol. The van der Waals surface area contributed by atoms with Gasteiger partial charge in [-0.15, -0.1) is 12.4 Å². The fourth-order valence-electron chi connectivity index (χ4n) is 4.28. The number of halogens is 2. The summed E-state index contributed by atoms with van der Waals surface area (Å²) < 4.78 is 0. The minimum Gasteiger partial charge on any atom is -0.335 e. The first-order valence-corrected chi connectivity index (χ1v) is 10.9. The minimum absolute atomic E-state index is 0. The quantitative estimate of drug-likeness (QED) is 0.464. The first-order valence-electron chi connectivity index (χ1n) is 9.75. The summed E-state index contributed by atoms with van der Waals surface area (Å²) in [5.74, 6) is 0. The standard InChI is InChI=1S/C23H22ClN3S.ClH/c24-18-9-10-23-21(13-18)27(20-7-1-2-8-22(20)28-23)19-6-4-12-26(16-19)15-17-5-3-11-25-14-17;/h1-3,5,7-11,13-14,19H,4,6,12,15-16H2;1H. The summed E-state index contributed by atoms with van der Waals surface area (Å²) in [5, 5.41) is 0.798. The summed E-state index contributed by atoms with van der Waals surface area (Å²) in [6.07, 6.45) is 6.21. The smallest absolute Gasteiger partial charge is 0.0570 e. The van der Waals surface area contributed by atoms with Crippen LogP contribution in [0.1, 0.15) is 18.4 Å². The molecule has 0 saturated carbocycles. The first-order chi connectivity index (χ1) is 13.8. The van der Waals surface area contributed by atoms with E-state index >= 15 is 0 Å². The lowest BCUT2D eigenvalue weighted by Crippen LogP contribution is -2.46. The molecule has 0 bridgehead atoms. The van der Waals surface area contributed by atoms with E-state index in [1.807, 2.05) is 36.3 Å². The largest absolute Gasteiger partial charge is 0.335 e. The van der Waals surface area contributed by atoms with Crippen molar-refractivity contribution in [3.05, 3.63) is 77.6 Å². The Hall–Kier alpha value is -1.72. The summed E-state index contributed by atoms with van der Waals surface area (Å²) in [4.78, 5) is 12.0. The maximum Gasteiger partial charge on any atom is 0.0570 e. The van der Waals surface area contributed by atoms with Crippen LogP contribution in [0.3, 0.4) is 0 Å². The number of pyridine rings is 1. The molecular weight excluding hydrogens is 421 g/mol. The molecular formula is C23H23Cl2N3S. The molecule has 6 heteroatoms. The second-order valence-electron chi connectivity index (χ2n) is 7.44. The predicted octanol–water partition coefficient (Wildman–Crippen LogP) is 6.42. The van der Waals surface area contributed by atoms with Crippen LogP contribution < -0.4 is 4.90 Å². The molecule has 3 heterocycles. The molecule has 0 aliphatic carbocycles. The van der Waals surface area contributed by atoms with Crippen molar-refractivity contribution in [2.45, 2.75) is 35.2 Å².